The number of aliphatic hydroxyl groups is 1. The lowest BCUT2D eigenvalue weighted by Crippen LogP contribution is -2.37. The highest BCUT2D eigenvalue weighted by molar-refractivity contribution is 9.10. The van der Waals surface area contributed by atoms with Crippen LogP contribution in [0, 0.1) is 5.92 Å². The van der Waals surface area contributed by atoms with Gasteiger partial charge < -0.3 is 25.4 Å². The van der Waals surface area contributed by atoms with E-state index in [0.29, 0.717) is 12.5 Å². The third kappa shape index (κ3) is 4.00. The lowest BCUT2D eigenvalue weighted by molar-refractivity contribution is 0.122. The molecule has 0 aromatic heterocycles. The Morgan fingerprint density at radius 3 is 2.86 bits per heavy atom. The molecule has 22 heavy (non-hydrogen) atoms. The van der Waals surface area contributed by atoms with Crippen molar-refractivity contribution in [2.75, 3.05) is 50.8 Å². The minimum Gasteiger partial charge on any atom is -0.391 e. The van der Waals surface area contributed by atoms with Crippen molar-refractivity contribution in [1.82, 2.24) is 10.6 Å². The third-order valence-electron chi connectivity index (χ3n) is 4.43. The van der Waals surface area contributed by atoms with Crippen molar-refractivity contribution in [2.24, 2.45) is 5.92 Å². The molecule has 5 nitrogen and oxygen atoms in total. The second kappa shape index (κ2) is 7.75. The molecule has 0 saturated carbocycles. The Kier molecular flexibility index (Phi) is 5.71. The number of morpholine rings is 1. The maximum Gasteiger partial charge on any atom is 0.0716 e. The molecule has 2 fully saturated rings. The Morgan fingerprint density at radius 1 is 1.32 bits per heavy atom. The van der Waals surface area contributed by atoms with E-state index in [1.807, 2.05) is 0 Å². The molecule has 0 bridgehead atoms. The normalized spacial score (nSPS) is 25.6. The highest BCUT2D eigenvalue weighted by atomic mass is 79.9. The van der Waals surface area contributed by atoms with Crippen LogP contribution >= 0.6 is 15.9 Å². The molecule has 2 aliphatic heterocycles. The molecule has 2 heterocycles. The summed E-state index contributed by atoms with van der Waals surface area (Å²) in [5.74, 6) is 0.308. The average Bonchev–Trinajstić information content (AvgIpc) is 2.95. The lowest BCUT2D eigenvalue weighted by atomic mass is 10.1. The summed E-state index contributed by atoms with van der Waals surface area (Å²) in [6, 6.07) is 6.45. The van der Waals surface area contributed by atoms with Gasteiger partial charge in [0.1, 0.15) is 0 Å². The molecule has 2 saturated heterocycles. The Balaban J connectivity index is 1.62. The molecule has 6 heteroatoms. The summed E-state index contributed by atoms with van der Waals surface area (Å²) in [6.07, 6.45) is -0.226. The van der Waals surface area contributed by atoms with E-state index in [9.17, 15) is 5.11 Å². The number of nitrogens with zero attached hydrogens (tertiary/aromatic N) is 1. The first-order chi connectivity index (χ1) is 10.7. The van der Waals surface area contributed by atoms with E-state index < -0.39 is 0 Å². The van der Waals surface area contributed by atoms with Gasteiger partial charge in [-0.15, -0.1) is 0 Å². The molecule has 1 aromatic rings. The van der Waals surface area contributed by atoms with Crippen molar-refractivity contribution < 1.29 is 9.84 Å². The molecule has 2 unspecified atom stereocenters. The highest BCUT2D eigenvalue weighted by Crippen LogP contribution is 2.26. The Hall–Kier alpha value is -0.660. The number of hydrogen-bond donors (Lipinski definition) is 3. The second-order valence-electron chi connectivity index (χ2n) is 5.99. The second-order valence-corrected chi connectivity index (χ2v) is 6.90. The fourth-order valence-electron chi connectivity index (χ4n) is 3.10. The van der Waals surface area contributed by atoms with Crippen LogP contribution in [0.2, 0.25) is 0 Å². The van der Waals surface area contributed by atoms with Gasteiger partial charge in [0.25, 0.3) is 0 Å². The van der Waals surface area contributed by atoms with E-state index in [-0.39, 0.29) is 6.10 Å². The summed E-state index contributed by atoms with van der Waals surface area (Å²) in [5.41, 5.74) is 2.57. The highest BCUT2D eigenvalue weighted by Gasteiger charge is 2.24. The molecule has 0 amide bonds. The van der Waals surface area contributed by atoms with Gasteiger partial charge in [0.05, 0.1) is 19.3 Å². The molecule has 2 atom stereocenters. The van der Waals surface area contributed by atoms with E-state index in [1.165, 1.54) is 11.3 Å². The van der Waals surface area contributed by atoms with E-state index >= 15 is 0 Å². The van der Waals surface area contributed by atoms with Crippen LogP contribution in [0.15, 0.2) is 22.7 Å². The van der Waals surface area contributed by atoms with Crippen LogP contribution in [-0.2, 0) is 11.3 Å². The maximum absolute atomic E-state index is 9.85. The fourth-order valence-corrected chi connectivity index (χ4v) is 3.45. The summed E-state index contributed by atoms with van der Waals surface area (Å²) in [5, 5.41) is 16.6. The van der Waals surface area contributed by atoms with Gasteiger partial charge in [0.2, 0.25) is 0 Å². The van der Waals surface area contributed by atoms with E-state index in [2.05, 4.69) is 49.7 Å². The summed E-state index contributed by atoms with van der Waals surface area (Å²) in [7, 11) is 0. The maximum atomic E-state index is 9.85. The van der Waals surface area contributed by atoms with Gasteiger partial charge in [-0.1, -0.05) is 22.0 Å². The quantitative estimate of drug-likeness (QED) is 0.721. The number of rotatable bonds is 5. The molecule has 0 radical (unpaired) electrons. The standard InChI is InChI=1S/C16H24BrN3O2/c17-14-2-1-12(8-18-9-13-10-19-11-16(13)21)15(7-14)20-3-5-22-6-4-20/h1-2,7,13,16,18-19,21H,3-6,8-11H2. The molecule has 0 aliphatic carbocycles. The van der Waals surface area contributed by atoms with Crippen LogP contribution in [0.1, 0.15) is 5.56 Å². The topological polar surface area (TPSA) is 56.8 Å². The molecule has 122 valence electrons. The molecule has 1 aromatic carbocycles. The van der Waals surface area contributed by atoms with Crippen LogP contribution < -0.4 is 15.5 Å². The van der Waals surface area contributed by atoms with Crippen LogP contribution in [-0.4, -0.2) is 57.1 Å². The fraction of sp³-hybridized carbons (Fsp3) is 0.625. The summed E-state index contributed by atoms with van der Waals surface area (Å²) in [6.45, 7) is 6.73. The van der Waals surface area contributed by atoms with Crippen molar-refractivity contribution in [1.29, 1.82) is 0 Å². The molecule has 0 spiro atoms. The van der Waals surface area contributed by atoms with E-state index in [0.717, 1.165) is 50.4 Å². The lowest BCUT2D eigenvalue weighted by Gasteiger charge is -2.31. The molecular weight excluding hydrogens is 346 g/mol. The van der Waals surface area contributed by atoms with Crippen LogP contribution in [0.25, 0.3) is 0 Å². The van der Waals surface area contributed by atoms with Gasteiger partial charge in [-0.25, -0.2) is 0 Å². The number of hydrogen-bond acceptors (Lipinski definition) is 5. The number of nitrogens with one attached hydrogen (secondary N) is 2. The van der Waals surface area contributed by atoms with Gasteiger partial charge in [0, 0.05) is 55.3 Å². The zero-order valence-corrected chi connectivity index (χ0v) is 14.3. The van der Waals surface area contributed by atoms with E-state index in [1.54, 1.807) is 0 Å². The SMILES string of the molecule is OC1CNCC1CNCc1ccc(Br)cc1N1CCOCC1. The predicted molar refractivity (Wildman–Crippen MR) is 91.2 cm³/mol. The van der Waals surface area contributed by atoms with Gasteiger partial charge in [-0.05, 0) is 17.7 Å². The first-order valence-electron chi connectivity index (χ1n) is 7.94. The Bertz CT molecular complexity index is 494. The van der Waals surface area contributed by atoms with Gasteiger partial charge in [0.15, 0.2) is 0 Å². The zero-order chi connectivity index (χ0) is 15.4. The van der Waals surface area contributed by atoms with Crippen molar-refractivity contribution in [3.05, 3.63) is 28.2 Å². The summed E-state index contributed by atoms with van der Waals surface area (Å²) in [4.78, 5) is 2.39. The number of aliphatic hydroxyl groups excluding tert-OH is 1. The van der Waals surface area contributed by atoms with Gasteiger partial charge >= 0.3 is 0 Å². The van der Waals surface area contributed by atoms with Gasteiger partial charge in [-0.3, -0.25) is 0 Å². The number of anilines is 1. The van der Waals surface area contributed by atoms with Crippen LogP contribution in [0.5, 0.6) is 0 Å². The minimum absolute atomic E-state index is 0.226. The number of β-amino-alcohol motifs (C(OH)–C–C–N with tert-alkyl or cyclic N) is 1. The monoisotopic (exact) mass is 369 g/mol. The Labute approximate surface area is 140 Å². The number of benzene rings is 1. The predicted octanol–water partition coefficient (Wildman–Crippen LogP) is 0.956. The smallest absolute Gasteiger partial charge is 0.0716 e. The van der Waals surface area contributed by atoms with Crippen LogP contribution in [0.3, 0.4) is 0 Å². The van der Waals surface area contributed by atoms with Crippen molar-refractivity contribution in [2.45, 2.75) is 12.6 Å². The Morgan fingerprint density at radius 2 is 2.14 bits per heavy atom. The molecule has 3 N–H and O–H groups in total. The summed E-state index contributed by atoms with van der Waals surface area (Å²) >= 11 is 3.57. The molecule has 2 aliphatic rings. The van der Waals surface area contributed by atoms with Crippen molar-refractivity contribution >= 4 is 21.6 Å². The average molecular weight is 370 g/mol. The number of halogens is 1. The van der Waals surface area contributed by atoms with Crippen molar-refractivity contribution in [3.63, 3.8) is 0 Å². The first-order valence-corrected chi connectivity index (χ1v) is 8.74. The van der Waals surface area contributed by atoms with Crippen LogP contribution in [0.4, 0.5) is 5.69 Å². The van der Waals surface area contributed by atoms with E-state index in [4.69, 9.17) is 4.74 Å². The van der Waals surface area contributed by atoms with Gasteiger partial charge in [-0.2, -0.15) is 0 Å². The third-order valence-corrected chi connectivity index (χ3v) is 4.92. The van der Waals surface area contributed by atoms with Crippen molar-refractivity contribution in [3.8, 4) is 0 Å². The first kappa shape index (κ1) is 16.2. The number of ether oxygens (including phenoxy) is 1. The zero-order valence-electron chi connectivity index (χ0n) is 12.7. The molecular formula is C16H24BrN3O2. The molecule has 3 rings (SSSR count). The largest absolute Gasteiger partial charge is 0.391 e. The minimum atomic E-state index is -0.226. The summed E-state index contributed by atoms with van der Waals surface area (Å²) < 4.78 is 6.55.